The van der Waals surface area contributed by atoms with Crippen LogP contribution in [0.2, 0.25) is 0 Å². The number of aromatic nitrogens is 2. The van der Waals surface area contributed by atoms with Crippen LogP contribution in [-0.2, 0) is 14.8 Å². The zero-order chi connectivity index (χ0) is 19.6. The predicted octanol–water partition coefficient (Wildman–Crippen LogP) is 1.48. The molecule has 2 aromatic heterocycles. The van der Waals surface area contributed by atoms with Gasteiger partial charge in [-0.1, -0.05) is 0 Å². The van der Waals surface area contributed by atoms with Crippen molar-refractivity contribution in [1.29, 1.82) is 0 Å². The molecule has 0 radical (unpaired) electrons. The molecule has 0 saturated carbocycles. The molecular formula is C17H24N4O5S. The summed E-state index contributed by atoms with van der Waals surface area (Å²) in [6, 6.07) is 4.87. The first-order valence-electron chi connectivity index (χ1n) is 8.77. The van der Waals surface area contributed by atoms with E-state index in [0.29, 0.717) is 30.8 Å². The molecule has 2 atom stereocenters. The number of sulfonamides is 1. The van der Waals surface area contributed by atoms with Gasteiger partial charge in [0.05, 0.1) is 0 Å². The molecule has 0 aliphatic carbocycles. The van der Waals surface area contributed by atoms with E-state index < -0.39 is 16.0 Å². The van der Waals surface area contributed by atoms with Crippen molar-refractivity contribution in [1.82, 2.24) is 19.4 Å². The van der Waals surface area contributed by atoms with Gasteiger partial charge in [-0.3, -0.25) is 9.89 Å². The number of carbonyl (C=O) groups is 1. The highest BCUT2D eigenvalue weighted by Gasteiger charge is 2.37. The number of nitrogens with zero attached hydrogens (tertiary/aromatic N) is 3. The van der Waals surface area contributed by atoms with E-state index in [-0.39, 0.29) is 30.0 Å². The Morgan fingerprint density at radius 2 is 2.19 bits per heavy atom. The largest absolute Gasteiger partial charge is 0.481 e. The van der Waals surface area contributed by atoms with E-state index in [1.54, 1.807) is 18.3 Å². The zero-order valence-electron chi connectivity index (χ0n) is 15.3. The summed E-state index contributed by atoms with van der Waals surface area (Å²) >= 11 is 0. The van der Waals surface area contributed by atoms with Crippen LogP contribution in [0.4, 0.5) is 0 Å². The second-order valence-electron chi connectivity index (χ2n) is 6.96. The van der Waals surface area contributed by atoms with E-state index in [1.165, 1.54) is 10.4 Å². The summed E-state index contributed by atoms with van der Waals surface area (Å²) in [6.07, 6.45) is 2.66. The van der Waals surface area contributed by atoms with Crippen molar-refractivity contribution in [3.63, 3.8) is 0 Å². The summed E-state index contributed by atoms with van der Waals surface area (Å²) in [6.45, 7) is 0.646. The molecule has 10 heteroatoms. The van der Waals surface area contributed by atoms with Crippen LogP contribution in [0.3, 0.4) is 0 Å². The number of hydrogen-bond acceptors (Lipinski definition) is 6. The second kappa shape index (κ2) is 7.83. The molecule has 0 bridgehead atoms. The molecule has 1 saturated heterocycles. The van der Waals surface area contributed by atoms with Gasteiger partial charge in [-0.05, 0) is 51.1 Å². The van der Waals surface area contributed by atoms with Gasteiger partial charge < -0.3 is 14.4 Å². The third-order valence-electron chi connectivity index (χ3n) is 4.99. The number of rotatable bonds is 7. The highest BCUT2D eigenvalue weighted by atomic mass is 32.2. The molecule has 27 heavy (non-hydrogen) atoms. The summed E-state index contributed by atoms with van der Waals surface area (Å²) in [5.74, 6) is -0.527. The lowest BCUT2D eigenvalue weighted by Gasteiger charge is -2.40. The Morgan fingerprint density at radius 3 is 2.81 bits per heavy atom. The van der Waals surface area contributed by atoms with Crippen molar-refractivity contribution < 1.29 is 22.7 Å². The number of nitrogens with one attached hydrogen (secondary N) is 1. The van der Waals surface area contributed by atoms with E-state index >= 15 is 0 Å². The molecule has 1 aliphatic heterocycles. The molecule has 3 heterocycles. The average molecular weight is 396 g/mol. The number of piperidine rings is 1. The fourth-order valence-corrected chi connectivity index (χ4v) is 5.02. The van der Waals surface area contributed by atoms with Crippen LogP contribution in [0.25, 0.3) is 11.5 Å². The maximum absolute atomic E-state index is 13.0. The van der Waals surface area contributed by atoms with Crippen molar-refractivity contribution >= 4 is 16.0 Å². The van der Waals surface area contributed by atoms with E-state index in [4.69, 9.17) is 9.52 Å². The second-order valence-corrected chi connectivity index (χ2v) is 8.83. The van der Waals surface area contributed by atoms with Crippen molar-refractivity contribution in [2.75, 3.05) is 27.2 Å². The zero-order valence-corrected chi connectivity index (χ0v) is 16.1. The molecule has 148 valence electrons. The molecule has 0 aromatic carbocycles. The van der Waals surface area contributed by atoms with Gasteiger partial charge in [-0.2, -0.15) is 9.40 Å². The minimum atomic E-state index is -3.79. The Kier molecular flexibility index (Phi) is 5.68. The fourth-order valence-electron chi connectivity index (χ4n) is 3.60. The minimum Gasteiger partial charge on any atom is -0.481 e. The van der Waals surface area contributed by atoms with Crippen LogP contribution in [-0.4, -0.2) is 72.1 Å². The van der Waals surface area contributed by atoms with Gasteiger partial charge in [0, 0.05) is 31.7 Å². The molecule has 0 amide bonds. The third kappa shape index (κ3) is 4.23. The maximum Gasteiger partial charge on any atom is 0.303 e. The quantitative estimate of drug-likeness (QED) is 0.727. The van der Waals surface area contributed by atoms with Gasteiger partial charge in [0.15, 0.2) is 5.76 Å². The summed E-state index contributed by atoms with van der Waals surface area (Å²) < 4.78 is 33.0. The number of carboxylic acids is 1. The van der Waals surface area contributed by atoms with Gasteiger partial charge in [-0.15, -0.1) is 0 Å². The molecule has 9 nitrogen and oxygen atoms in total. The smallest absolute Gasteiger partial charge is 0.303 e. The molecule has 0 spiro atoms. The number of hydrogen-bond donors (Lipinski definition) is 2. The normalized spacial score (nSPS) is 21.6. The lowest BCUT2D eigenvalue weighted by molar-refractivity contribution is -0.137. The van der Waals surface area contributed by atoms with E-state index in [9.17, 15) is 13.2 Å². The van der Waals surface area contributed by atoms with Crippen LogP contribution in [0.15, 0.2) is 33.9 Å². The topological polar surface area (TPSA) is 120 Å². The molecule has 2 N–H and O–H groups in total. The molecule has 1 fully saturated rings. The van der Waals surface area contributed by atoms with E-state index in [2.05, 4.69) is 10.2 Å². The molecule has 2 unspecified atom stereocenters. The van der Waals surface area contributed by atoms with Crippen molar-refractivity contribution in [2.45, 2.75) is 30.4 Å². The Balaban J connectivity index is 1.79. The molecular weight excluding hydrogens is 372 g/mol. The lowest BCUT2D eigenvalue weighted by atomic mass is 9.88. The predicted molar refractivity (Wildman–Crippen MR) is 97.5 cm³/mol. The van der Waals surface area contributed by atoms with E-state index in [1.807, 2.05) is 19.0 Å². The number of furan rings is 1. The molecule has 1 aliphatic rings. The third-order valence-corrected chi connectivity index (χ3v) is 6.73. The number of H-pyrrole nitrogens is 1. The highest BCUT2D eigenvalue weighted by molar-refractivity contribution is 7.89. The average Bonchev–Trinajstić information content (AvgIpc) is 3.30. The Morgan fingerprint density at radius 1 is 1.41 bits per heavy atom. The van der Waals surface area contributed by atoms with Crippen LogP contribution >= 0.6 is 0 Å². The number of aromatic amines is 1. The standard InChI is InChI=1S/C17H24N4O5S/c1-20(2)14-8-10-21(11-12(14)3-5-16(22)23)27(24,25)17-6-4-15(26-17)13-7-9-18-19-13/h4,6-7,9,12,14H,3,5,8,10-11H2,1-2H3,(H,18,19)(H,22,23). The van der Waals surface area contributed by atoms with Gasteiger partial charge in [0.2, 0.25) is 5.09 Å². The van der Waals surface area contributed by atoms with Crippen molar-refractivity contribution in [3.8, 4) is 11.5 Å². The maximum atomic E-state index is 13.0. The highest BCUT2D eigenvalue weighted by Crippen LogP contribution is 2.31. The van der Waals surface area contributed by atoms with Gasteiger partial charge >= 0.3 is 5.97 Å². The van der Waals surface area contributed by atoms with Crippen LogP contribution in [0.5, 0.6) is 0 Å². The van der Waals surface area contributed by atoms with Gasteiger partial charge in [0.1, 0.15) is 5.69 Å². The monoisotopic (exact) mass is 396 g/mol. The molecule has 2 aromatic rings. The number of carboxylic acid groups (broad SMARTS) is 1. The Labute approximate surface area is 158 Å². The van der Waals surface area contributed by atoms with Gasteiger partial charge in [0.25, 0.3) is 10.0 Å². The fraction of sp³-hybridized carbons (Fsp3) is 0.529. The minimum absolute atomic E-state index is 0.0214. The lowest BCUT2D eigenvalue weighted by Crippen LogP contribution is -2.50. The van der Waals surface area contributed by atoms with Gasteiger partial charge in [-0.25, -0.2) is 8.42 Å². The van der Waals surface area contributed by atoms with Crippen LogP contribution in [0.1, 0.15) is 19.3 Å². The molecule has 3 rings (SSSR count). The summed E-state index contributed by atoms with van der Waals surface area (Å²) in [7, 11) is 0.0862. The Bertz CT molecular complexity index is 875. The Hall–Kier alpha value is -2.17. The van der Waals surface area contributed by atoms with Crippen molar-refractivity contribution in [3.05, 3.63) is 24.4 Å². The van der Waals surface area contributed by atoms with E-state index in [0.717, 1.165) is 0 Å². The summed E-state index contributed by atoms with van der Waals surface area (Å²) in [5.41, 5.74) is 0.599. The van der Waals surface area contributed by atoms with Crippen molar-refractivity contribution in [2.24, 2.45) is 5.92 Å². The van der Waals surface area contributed by atoms with Crippen LogP contribution in [0, 0.1) is 5.92 Å². The first kappa shape index (κ1) is 19.6. The summed E-state index contributed by atoms with van der Waals surface area (Å²) in [5, 5.41) is 15.4. The SMILES string of the molecule is CN(C)C1CCN(S(=O)(=O)c2ccc(-c3ccn[nH]3)o2)CC1CCC(=O)O. The number of aliphatic carboxylic acids is 1. The van der Waals surface area contributed by atoms with Crippen LogP contribution < -0.4 is 0 Å². The first-order valence-corrected chi connectivity index (χ1v) is 10.2. The summed E-state index contributed by atoms with van der Waals surface area (Å²) in [4.78, 5) is 13.0. The first-order chi connectivity index (χ1) is 12.8.